The maximum Gasteiger partial charge on any atom is 0.328 e. The van der Waals surface area contributed by atoms with Crippen LogP contribution in [0, 0.1) is 0 Å². The van der Waals surface area contributed by atoms with Crippen molar-refractivity contribution in [2.24, 2.45) is 5.73 Å². The van der Waals surface area contributed by atoms with Crippen molar-refractivity contribution in [3.63, 3.8) is 0 Å². The average Bonchev–Trinajstić information content (AvgIpc) is 2.60. The van der Waals surface area contributed by atoms with E-state index < -0.39 is 72.8 Å². The minimum absolute atomic E-state index is 0.178. The lowest BCUT2D eigenvalue weighted by Gasteiger charge is -2.22. The van der Waals surface area contributed by atoms with Gasteiger partial charge in [0.1, 0.15) is 6.04 Å². The minimum Gasteiger partial charge on any atom is -0.481 e. The molecule has 164 valence electrons. The molecule has 14 heteroatoms. The van der Waals surface area contributed by atoms with Crippen molar-refractivity contribution in [1.82, 2.24) is 16.0 Å². The van der Waals surface area contributed by atoms with Crippen LogP contribution in [0.1, 0.15) is 26.2 Å². The van der Waals surface area contributed by atoms with Crippen LogP contribution in [0.25, 0.3) is 0 Å². The van der Waals surface area contributed by atoms with E-state index in [-0.39, 0.29) is 12.8 Å². The van der Waals surface area contributed by atoms with Gasteiger partial charge in [0.25, 0.3) is 0 Å². The van der Waals surface area contributed by atoms with E-state index >= 15 is 0 Å². The predicted octanol–water partition coefficient (Wildman–Crippen LogP) is -3.80. The topological polar surface area (TPSA) is 245 Å². The van der Waals surface area contributed by atoms with Crippen LogP contribution in [0.3, 0.4) is 0 Å². The number of carbonyl (C=O) groups is 6. The molecule has 9 N–H and O–H groups in total. The van der Waals surface area contributed by atoms with E-state index in [1.54, 1.807) is 0 Å². The number of hydrogen-bond donors (Lipinski definition) is 8. The van der Waals surface area contributed by atoms with Crippen molar-refractivity contribution in [2.45, 2.75) is 50.4 Å². The molecule has 0 spiro atoms. The van der Waals surface area contributed by atoms with Crippen LogP contribution in [-0.4, -0.2) is 86.8 Å². The first-order valence-corrected chi connectivity index (χ1v) is 8.32. The largest absolute Gasteiger partial charge is 0.481 e. The normalized spacial score (nSPS) is 14.6. The number of hydrogen-bond acceptors (Lipinski definition) is 8. The van der Waals surface area contributed by atoms with Gasteiger partial charge in [0.2, 0.25) is 17.7 Å². The molecule has 0 saturated carbocycles. The Bertz CT molecular complexity index is 651. The molecule has 4 unspecified atom stereocenters. The fraction of sp³-hybridized carbons (Fsp3) is 0.600. The quantitative estimate of drug-likeness (QED) is 0.143. The van der Waals surface area contributed by atoms with E-state index in [2.05, 4.69) is 5.32 Å². The van der Waals surface area contributed by atoms with Gasteiger partial charge in [-0.1, -0.05) is 0 Å². The molecule has 3 amide bonds. The molecule has 0 aliphatic heterocycles. The molecule has 14 nitrogen and oxygen atoms in total. The third-order valence-corrected chi connectivity index (χ3v) is 3.51. The van der Waals surface area contributed by atoms with Crippen LogP contribution in [0.2, 0.25) is 0 Å². The number of nitrogens with two attached hydrogens (primary N) is 1. The minimum atomic E-state index is -1.73. The highest BCUT2D eigenvalue weighted by Crippen LogP contribution is 1.99. The summed E-state index contributed by atoms with van der Waals surface area (Å²) in [6, 6.07) is -4.61. The summed E-state index contributed by atoms with van der Waals surface area (Å²) in [4.78, 5) is 68.0. The van der Waals surface area contributed by atoms with Crippen LogP contribution in [0.15, 0.2) is 0 Å². The molecule has 0 rings (SSSR count). The van der Waals surface area contributed by atoms with Gasteiger partial charge in [-0.3, -0.25) is 24.0 Å². The number of carboxylic acid groups (broad SMARTS) is 3. The first-order valence-electron chi connectivity index (χ1n) is 8.32. The van der Waals surface area contributed by atoms with E-state index in [1.165, 1.54) is 0 Å². The van der Waals surface area contributed by atoms with E-state index in [4.69, 9.17) is 21.1 Å². The molecule has 0 radical (unpaired) electrons. The Morgan fingerprint density at radius 3 is 1.97 bits per heavy atom. The summed E-state index contributed by atoms with van der Waals surface area (Å²) in [5.74, 6) is -7.19. The van der Waals surface area contributed by atoms with Crippen LogP contribution < -0.4 is 21.7 Å². The Labute approximate surface area is 164 Å². The van der Waals surface area contributed by atoms with Crippen LogP contribution in [-0.2, 0) is 28.8 Å². The van der Waals surface area contributed by atoms with Crippen molar-refractivity contribution in [3.05, 3.63) is 0 Å². The van der Waals surface area contributed by atoms with Crippen molar-refractivity contribution in [2.75, 3.05) is 6.54 Å². The molecule has 0 aliphatic rings. The molecule has 0 bridgehead atoms. The molecule has 0 aromatic heterocycles. The Balaban J connectivity index is 4.84. The van der Waals surface area contributed by atoms with Gasteiger partial charge < -0.3 is 42.1 Å². The van der Waals surface area contributed by atoms with Gasteiger partial charge >= 0.3 is 17.9 Å². The lowest BCUT2D eigenvalue weighted by Crippen LogP contribution is -2.56. The molecule has 0 aromatic carbocycles. The third-order valence-electron chi connectivity index (χ3n) is 3.51. The third kappa shape index (κ3) is 10.6. The van der Waals surface area contributed by atoms with E-state index in [0.717, 1.165) is 6.92 Å². The Morgan fingerprint density at radius 1 is 0.931 bits per heavy atom. The van der Waals surface area contributed by atoms with E-state index in [9.17, 15) is 33.9 Å². The summed E-state index contributed by atoms with van der Waals surface area (Å²) < 4.78 is 0. The SMILES string of the molecule is CC(O)C(NC(=O)C(CC(=O)O)NC(=O)CNC(=O)C(N)CCC(=O)O)C(=O)O. The summed E-state index contributed by atoms with van der Waals surface area (Å²) in [5, 5.41) is 41.7. The smallest absolute Gasteiger partial charge is 0.328 e. The summed E-state index contributed by atoms with van der Waals surface area (Å²) in [6.45, 7) is 0.398. The summed E-state index contributed by atoms with van der Waals surface area (Å²) >= 11 is 0. The zero-order chi connectivity index (χ0) is 22.7. The predicted molar refractivity (Wildman–Crippen MR) is 93.3 cm³/mol. The van der Waals surface area contributed by atoms with Gasteiger partial charge in [0.05, 0.1) is 25.1 Å². The second-order valence-electron chi connectivity index (χ2n) is 6.04. The zero-order valence-corrected chi connectivity index (χ0v) is 15.5. The molecular formula is C15H24N4O10. The van der Waals surface area contributed by atoms with Gasteiger partial charge in [0, 0.05) is 6.42 Å². The average molecular weight is 420 g/mol. The van der Waals surface area contributed by atoms with Crippen molar-refractivity contribution in [3.8, 4) is 0 Å². The Hall–Kier alpha value is -3.26. The molecule has 0 fully saturated rings. The number of rotatable bonds is 13. The number of nitrogens with one attached hydrogen (secondary N) is 3. The molecule has 0 aromatic rings. The number of aliphatic hydroxyl groups is 1. The highest BCUT2D eigenvalue weighted by Gasteiger charge is 2.30. The second kappa shape index (κ2) is 12.2. The lowest BCUT2D eigenvalue weighted by atomic mass is 10.1. The van der Waals surface area contributed by atoms with Gasteiger partial charge in [-0.25, -0.2) is 4.79 Å². The summed E-state index contributed by atoms with van der Waals surface area (Å²) in [5.41, 5.74) is 5.45. The maximum atomic E-state index is 12.1. The number of aliphatic hydroxyl groups excluding tert-OH is 1. The molecule has 29 heavy (non-hydrogen) atoms. The lowest BCUT2D eigenvalue weighted by molar-refractivity contribution is -0.146. The zero-order valence-electron chi connectivity index (χ0n) is 15.5. The fourth-order valence-electron chi connectivity index (χ4n) is 1.98. The highest BCUT2D eigenvalue weighted by molar-refractivity contribution is 5.94. The summed E-state index contributed by atoms with van der Waals surface area (Å²) in [7, 11) is 0. The van der Waals surface area contributed by atoms with Crippen molar-refractivity contribution in [1.29, 1.82) is 0 Å². The molecule has 0 aliphatic carbocycles. The van der Waals surface area contributed by atoms with Crippen molar-refractivity contribution >= 4 is 35.6 Å². The maximum absolute atomic E-state index is 12.1. The van der Waals surface area contributed by atoms with Crippen LogP contribution >= 0.6 is 0 Å². The molecule has 0 heterocycles. The Kier molecular flexibility index (Phi) is 10.9. The van der Waals surface area contributed by atoms with Gasteiger partial charge in [-0.15, -0.1) is 0 Å². The van der Waals surface area contributed by atoms with Crippen LogP contribution in [0.5, 0.6) is 0 Å². The number of carboxylic acids is 3. The first-order chi connectivity index (χ1) is 13.3. The van der Waals surface area contributed by atoms with E-state index in [0.29, 0.717) is 0 Å². The molecule has 4 atom stereocenters. The number of amides is 3. The second-order valence-corrected chi connectivity index (χ2v) is 6.04. The van der Waals surface area contributed by atoms with Crippen molar-refractivity contribution < 1.29 is 49.2 Å². The van der Waals surface area contributed by atoms with Gasteiger partial charge in [-0.2, -0.15) is 0 Å². The summed E-state index contributed by atoms with van der Waals surface area (Å²) in [6.07, 6.45) is -2.93. The standard InChI is InChI=1S/C15H24N4O10/c1-6(20)12(15(28)29)19-14(27)8(4-11(24)25)18-9(21)5-17-13(26)7(16)2-3-10(22)23/h6-8,12,20H,2-5,16H2,1H3,(H,17,26)(H,18,21)(H,19,27)(H,22,23)(H,24,25)(H,28,29). The van der Waals surface area contributed by atoms with Crippen LogP contribution in [0.4, 0.5) is 0 Å². The highest BCUT2D eigenvalue weighted by atomic mass is 16.4. The Morgan fingerprint density at radius 2 is 1.52 bits per heavy atom. The first kappa shape index (κ1) is 25.7. The fourth-order valence-corrected chi connectivity index (χ4v) is 1.98. The molecule has 0 saturated heterocycles. The van der Waals surface area contributed by atoms with Gasteiger partial charge in [-0.05, 0) is 13.3 Å². The number of aliphatic carboxylic acids is 3. The monoisotopic (exact) mass is 420 g/mol. The van der Waals surface area contributed by atoms with Gasteiger partial charge in [0.15, 0.2) is 6.04 Å². The molecular weight excluding hydrogens is 396 g/mol. The van der Waals surface area contributed by atoms with E-state index in [1.807, 2.05) is 10.6 Å². The number of carbonyl (C=O) groups excluding carboxylic acids is 3.